The maximum atomic E-state index is 13.4. The zero-order chi connectivity index (χ0) is 22.9. The Labute approximate surface area is 191 Å². The summed E-state index contributed by atoms with van der Waals surface area (Å²) in [6.07, 6.45) is 1.66. The van der Waals surface area contributed by atoms with Gasteiger partial charge in [0.2, 0.25) is 10.0 Å². The average molecular weight is 494 g/mol. The Morgan fingerprint density at radius 2 is 1.78 bits per heavy atom. The molecular formula is C21H20ClN3O5S2. The summed E-state index contributed by atoms with van der Waals surface area (Å²) in [5.41, 5.74) is 1.24. The maximum absolute atomic E-state index is 13.4. The van der Waals surface area contributed by atoms with E-state index in [4.69, 9.17) is 16.0 Å². The van der Waals surface area contributed by atoms with Gasteiger partial charge in [0, 0.05) is 17.0 Å². The Kier molecular flexibility index (Phi) is 6.02. The van der Waals surface area contributed by atoms with E-state index in [1.165, 1.54) is 37.5 Å². The van der Waals surface area contributed by atoms with E-state index >= 15 is 0 Å². The van der Waals surface area contributed by atoms with Gasteiger partial charge in [-0.1, -0.05) is 29.8 Å². The molecule has 1 atom stereocenters. The van der Waals surface area contributed by atoms with Gasteiger partial charge in [-0.05, 0) is 49.4 Å². The molecule has 1 N–H and O–H groups in total. The predicted octanol–water partition coefficient (Wildman–Crippen LogP) is 4.23. The van der Waals surface area contributed by atoms with Crippen LogP contribution in [0.3, 0.4) is 0 Å². The number of sulfonamides is 2. The third-order valence-corrected chi connectivity index (χ3v) is 8.22. The van der Waals surface area contributed by atoms with Crippen LogP contribution in [0.5, 0.6) is 0 Å². The zero-order valence-electron chi connectivity index (χ0n) is 17.0. The molecule has 3 aromatic rings. The topological polar surface area (TPSA) is 109 Å². The van der Waals surface area contributed by atoms with Gasteiger partial charge in [0.05, 0.1) is 28.3 Å². The number of hydrazone groups is 1. The number of furan rings is 1. The van der Waals surface area contributed by atoms with Gasteiger partial charge in [0.1, 0.15) is 11.8 Å². The Hall–Kier alpha value is -2.82. The first-order valence-electron chi connectivity index (χ1n) is 9.72. The fourth-order valence-corrected chi connectivity index (χ4v) is 5.54. The molecule has 0 saturated heterocycles. The molecule has 8 nitrogen and oxygen atoms in total. The third kappa shape index (κ3) is 4.38. The SMILES string of the molecule is CCS(=O)(=O)Nc1ccccc1C1=NN(S(=O)(=O)c2ccc(Cl)cc2)C(c2ccco2)C1. The summed E-state index contributed by atoms with van der Waals surface area (Å²) in [5.74, 6) is 0.327. The van der Waals surface area contributed by atoms with Gasteiger partial charge in [0.15, 0.2) is 0 Å². The molecule has 2 heterocycles. The molecule has 1 aliphatic heterocycles. The molecule has 2 aromatic carbocycles. The molecule has 0 radical (unpaired) electrons. The number of para-hydroxylation sites is 1. The maximum Gasteiger partial charge on any atom is 0.279 e. The van der Waals surface area contributed by atoms with Gasteiger partial charge in [-0.15, -0.1) is 0 Å². The fraction of sp³-hybridized carbons (Fsp3) is 0.190. The van der Waals surface area contributed by atoms with E-state index in [2.05, 4.69) is 9.82 Å². The van der Waals surface area contributed by atoms with E-state index in [-0.39, 0.29) is 17.1 Å². The van der Waals surface area contributed by atoms with E-state index in [1.807, 2.05) is 0 Å². The highest BCUT2D eigenvalue weighted by atomic mass is 35.5. The molecule has 32 heavy (non-hydrogen) atoms. The second-order valence-electron chi connectivity index (χ2n) is 7.06. The van der Waals surface area contributed by atoms with Crippen LogP contribution in [0.25, 0.3) is 0 Å². The number of nitrogens with zero attached hydrogens (tertiary/aromatic N) is 2. The van der Waals surface area contributed by atoms with Crippen LogP contribution in [0.4, 0.5) is 5.69 Å². The van der Waals surface area contributed by atoms with Crippen molar-refractivity contribution in [2.24, 2.45) is 5.10 Å². The van der Waals surface area contributed by atoms with Gasteiger partial charge >= 0.3 is 0 Å². The Morgan fingerprint density at radius 3 is 2.44 bits per heavy atom. The first-order chi connectivity index (χ1) is 15.2. The molecule has 1 unspecified atom stereocenters. The number of nitrogens with one attached hydrogen (secondary N) is 1. The largest absolute Gasteiger partial charge is 0.467 e. The Bertz CT molecular complexity index is 1350. The van der Waals surface area contributed by atoms with E-state index < -0.39 is 26.1 Å². The molecule has 0 saturated carbocycles. The van der Waals surface area contributed by atoms with Crippen LogP contribution in [0.15, 0.2) is 81.3 Å². The molecule has 4 rings (SSSR count). The van der Waals surface area contributed by atoms with Gasteiger partial charge in [-0.2, -0.15) is 17.9 Å². The highest BCUT2D eigenvalue weighted by molar-refractivity contribution is 7.92. The van der Waals surface area contributed by atoms with Crippen molar-refractivity contribution in [2.75, 3.05) is 10.5 Å². The number of hydrogen-bond donors (Lipinski definition) is 1. The Balaban J connectivity index is 1.80. The second kappa shape index (κ2) is 8.61. The summed E-state index contributed by atoms with van der Waals surface area (Å²) >= 11 is 5.91. The number of anilines is 1. The average Bonchev–Trinajstić information content (AvgIpc) is 3.44. The van der Waals surface area contributed by atoms with Crippen LogP contribution in [-0.4, -0.2) is 32.7 Å². The summed E-state index contributed by atoms with van der Waals surface area (Å²) in [7, 11) is -7.57. The third-order valence-electron chi connectivity index (χ3n) is 4.99. The van der Waals surface area contributed by atoms with Gasteiger partial charge in [-0.25, -0.2) is 8.42 Å². The van der Waals surface area contributed by atoms with E-state index in [0.717, 1.165) is 4.41 Å². The lowest BCUT2D eigenvalue weighted by Gasteiger charge is -2.21. The number of rotatable bonds is 7. The van der Waals surface area contributed by atoms with Gasteiger partial charge in [0.25, 0.3) is 10.0 Å². The van der Waals surface area contributed by atoms with Crippen LogP contribution in [0, 0.1) is 0 Å². The fourth-order valence-electron chi connectivity index (χ4n) is 3.34. The smallest absolute Gasteiger partial charge is 0.279 e. The minimum Gasteiger partial charge on any atom is -0.467 e. The minimum absolute atomic E-state index is 0.0310. The number of halogens is 1. The molecular weight excluding hydrogens is 474 g/mol. The van der Waals surface area contributed by atoms with Crippen LogP contribution >= 0.6 is 11.6 Å². The van der Waals surface area contributed by atoms with Gasteiger partial charge in [-0.3, -0.25) is 4.72 Å². The molecule has 0 amide bonds. The summed E-state index contributed by atoms with van der Waals surface area (Å²) < 4.78 is 60.1. The van der Waals surface area contributed by atoms with E-state index in [9.17, 15) is 16.8 Å². The molecule has 1 aromatic heterocycles. The monoisotopic (exact) mass is 493 g/mol. The van der Waals surface area contributed by atoms with Crippen LogP contribution in [0.1, 0.15) is 30.7 Å². The number of hydrogen-bond acceptors (Lipinski definition) is 6. The second-order valence-corrected chi connectivity index (χ2v) is 11.3. The van der Waals surface area contributed by atoms with Crippen LogP contribution < -0.4 is 4.72 Å². The van der Waals surface area contributed by atoms with Crippen molar-refractivity contribution >= 4 is 43.0 Å². The van der Waals surface area contributed by atoms with Crippen LogP contribution in [0.2, 0.25) is 5.02 Å². The van der Waals surface area contributed by atoms with Crippen molar-refractivity contribution in [1.82, 2.24) is 4.41 Å². The molecule has 11 heteroatoms. The lowest BCUT2D eigenvalue weighted by atomic mass is 10.0. The van der Waals surface area contributed by atoms with Crippen molar-refractivity contribution in [1.29, 1.82) is 0 Å². The molecule has 168 valence electrons. The highest BCUT2D eigenvalue weighted by Gasteiger charge is 2.39. The lowest BCUT2D eigenvalue weighted by molar-refractivity contribution is 0.320. The lowest BCUT2D eigenvalue weighted by Crippen LogP contribution is -2.27. The molecule has 0 aliphatic carbocycles. The molecule has 0 bridgehead atoms. The summed E-state index contributed by atoms with van der Waals surface area (Å²) in [4.78, 5) is 0.0310. The molecule has 1 aliphatic rings. The summed E-state index contributed by atoms with van der Waals surface area (Å²) in [6.45, 7) is 1.53. The van der Waals surface area contributed by atoms with Crippen molar-refractivity contribution in [3.8, 4) is 0 Å². The quantitative estimate of drug-likeness (QED) is 0.529. The van der Waals surface area contributed by atoms with Crippen LogP contribution in [-0.2, 0) is 20.0 Å². The first-order valence-corrected chi connectivity index (χ1v) is 13.2. The highest BCUT2D eigenvalue weighted by Crippen LogP contribution is 2.38. The predicted molar refractivity (Wildman–Crippen MR) is 123 cm³/mol. The van der Waals surface area contributed by atoms with E-state index in [1.54, 1.807) is 36.4 Å². The Morgan fingerprint density at radius 1 is 1.06 bits per heavy atom. The zero-order valence-corrected chi connectivity index (χ0v) is 19.4. The standard InChI is InChI=1S/C21H20ClN3O5S2/c1-2-31(26,27)24-18-7-4-3-6-17(18)19-14-20(21-8-5-13-30-21)25(23-19)32(28,29)16-11-9-15(22)10-12-16/h3-13,20,24H,2,14H2,1H3. The van der Waals surface area contributed by atoms with Crippen molar-refractivity contribution in [2.45, 2.75) is 24.3 Å². The minimum atomic E-state index is -4.04. The van der Waals surface area contributed by atoms with Crippen molar-refractivity contribution in [3.05, 3.63) is 83.3 Å². The molecule has 0 fully saturated rings. The van der Waals surface area contributed by atoms with E-state index in [0.29, 0.717) is 27.7 Å². The molecule has 0 spiro atoms. The number of benzene rings is 2. The van der Waals surface area contributed by atoms with Crippen molar-refractivity contribution in [3.63, 3.8) is 0 Å². The van der Waals surface area contributed by atoms with Gasteiger partial charge < -0.3 is 4.42 Å². The summed E-state index contributed by atoms with van der Waals surface area (Å²) in [6, 6.07) is 15.2. The summed E-state index contributed by atoms with van der Waals surface area (Å²) in [5, 5.41) is 4.83. The van der Waals surface area contributed by atoms with Crippen molar-refractivity contribution < 1.29 is 21.3 Å². The normalized spacial score (nSPS) is 16.8. The first kappa shape index (κ1) is 22.4.